The summed E-state index contributed by atoms with van der Waals surface area (Å²) in [6, 6.07) is 2.54. The van der Waals surface area contributed by atoms with Crippen LogP contribution in [0.2, 0.25) is 0 Å². The molecule has 0 saturated carbocycles. The lowest BCUT2D eigenvalue weighted by Crippen LogP contribution is -2.30. The van der Waals surface area contributed by atoms with E-state index in [1.165, 1.54) is 17.0 Å². The number of rotatable bonds is 4. The summed E-state index contributed by atoms with van der Waals surface area (Å²) < 4.78 is 12.6. The van der Waals surface area contributed by atoms with Crippen LogP contribution in [0.25, 0.3) is 0 Å². The van der Waals surface area contributed by atoms with Gasteiger partial charge in [-0.05, 0) is 12.1 Å². The predicted octanol–water partition coefficient (Wildman–Crippen LogP) is 0.969. The summed E-state index contributed by atoms with van der Waals surface area (Å²) in [6.45, 7) is 0.424. The highest BCUT2D eigenvalue weighted by Gasteiger charge is 2.12. The van der Waals surface area contributed by atoms with Crippen LogP contribution < -0.4 is 5.73 Å². The quantitative estimate of drug-likeness (QED) is 0.798. The molecule has 1 heterocycles. The topological polar surface area (TPSA) is 59.2 Å². The smallest absolute Gasteiger partial charge is 0.272 e. The fraction of sp³-hybridized carbons (Fsp3) is 0.300. The van der Waals surface area contributed by atoms with Crippen LogP contribution in [0.4, 0.5) is 4.39 Å². The third-order valence-electron chi connectivity index (χ3n) is 1.99. The number of carbonyl (C=O) groups is 1. The third-order valence-corrected chi connectivity index (χ3v) is 2.19. The van der Waals surface area contributed by atoms with Gasteiger partial charge in [-0.2, -0.15) is 0 Å². The summed E-state index contributed by atoms with van der Waals surface area (Å²) in [5, 5.41) is 0. The SMILES string of the molecule is CN(CCC(N)=S)C(=O)c1ccc(F)cn1. The molecule has 6 heteroatoms. The molecule has 0 radical (unpaired) electrons. The molecule has 4 nitrogen and oxygen atoms in total. The van der Waals surface area contributed by atoms with E-state index in [1.807, 2.05) is 0 Å². The molecule has 1 aromatic rings. The van der Waals surface area contributed by atoms with Crippen LogP contribution in [0.3, 0.4) is 0 Å². The summed E-state index contributed by atoms with van der Waals surface area (Å²) in [6.07, 6.45) is 1.47. The Kier molecular flexibility index (Phi) is 4.30. The van der Waals surface area contributed by atoms with Gasteiger partial charge < -0.3 is 10.6 Å². The lowest BCUT2D eigenvalue weighted by molar-refractivity contribution is 0.0793. The predicted molar refractivity (Wildman–Crippen MR) is 62.6 cm³/mol. The van der Waals surface area contributed by atoms with Crippen molar-refractivity contribution in [3.8, 4) is 0 Å². The second-order valence-corrected chi connectivity index (χ2v) is 3.83. The molecule has 2 N–H and O–H groups in total. The molecule has 0 spiro atoms. The second kappa shape index (κ2) is 5.50. The lowest BCUT2D eigenvalue weighted by atomic mass is 10.3. The second-order valence-electron chi connectivity index (χ2n) is 3.30. The Labute approximate surface area is 98.3 Å². The Morgan fingerprint density at radius 3 is 2.81 bits per heavy atom. The fourth-order valence-electron chi connectivity index (χ4n) is 1.08. The van der Waals surface area contributed by atoms with Gasteiger partial charge >= 0.3 is 0 Å². The highest BCUT2D eigenvalue weighted by atomic mass is 32.1. The van der Waals surface area contributed by atoms with Crippen LogP contribution in [-0.4, -0.2) is 34.4 Å². The van der Waals surface area contributed by atoms with E-state index < -0.39 is 5.82 Å². The van der Waals surface area contributed by atoms with Gasteiger partial charge in [0.25, 0.3) is 5.91 Å². The van der Waals surface area contributed by atoms with Crippen LogP contribution >= 0.6 is 12.2 Å². The van der Waals surface area contributed by atoms with Gasteiger partial charge in [0.05, 0.1) is 11.2 Å². The van der Waals surface area contributed by atoms with Crippen molar-refractivity contribution in [2.45, 2.75) is 6.42 Å². The van der Waals surface area contributed by atoms with Crippen LogP contribution in [0.1, 0.15) is 16.9 Å². The zero-order valence-electron chi connectivity index (χ0n) is 8.81. The molecule has 0 aliphatic carbocycles. The Morgan fingerprint density at radius 1 is 1.62 bits per heavy atom. The number of halogens is 1. The average Bonchev–Trinajstić information content (AvgIpc) is 2.26. The van der Waals surface area contributed by atoms with Gasteiger partial charge in [0, 0.05) is 20.0 Å². The van der Waals surface area contributed by atoms with Gasteiger partial charge in [-0.3, -0.25) is 4.79 Å². The minimum Gasteiger partial charge on any atom is -0.393 e. The molecule has 16 heavy (non-hydrogen) atoms. The molecule has 1 amide bonds. The van der Waals surface area contributed by atoms with E-state index in [4.69, 9.17) is 18.0 Å². The number of pyridine rings is 1. The van der Waals surface area contributed by atoms with Crippen molar-refractivity contribution in [2.75, 3.05) is 13.6 Å². The Hall–Kier alpha value is -1.56. The van der Waals surface area contributed by atoms with Crippen LogP contribution in [0.15, 0.2) is 18.3 Å². The molecule has 86 valence electrons. The van der Waals surface area contributed by atoms with Crippen LogP contribution in [-0.2, 0) is 0 Å². The van der Waals surface area contributed by atoms with Crippen molar-refractivity contribution < 1.29 is 9.18 Å². The summed E-state index contributed by atoms with van der Waals surface area (Å²) >= 11 is 4.71. The van der Waals surface area contributed by atoms with E-state index in [1.54, 1.807) is 7.05 Å². The fourth-order valence-corrected chi connectivity index (χ4v) is 1.17. The molecule has 0 bridgehead atoms. The van der Waals surface area contributed by atoms with Crippen molar-refractivity contribution in [1.82, 2.24) is 9.88 Å². The number of nitrogens with zero attached hydrogens (tertiary/aromatic N) is 2. The monoisotopic (exact) mass is 241 g/mol. The molecule has 0 fully saturated rings. The molecule has 0 saturated heterocycles. The highest BCUT2D eigenvalue weighted by Crippen LogP contribution is 2.02. The van der Waals surface area contributed by atoms with Crippen molar-refractivity contribution in [1.29, 1.82) is 0 Å². The van der Waals surface area contributed by atoms with Gasteiger partial charge in [0.1, 0.15) is 11.5 Å². The summed E-state index contributed by atoms with van der Waals surface area (Å²) in [4.78, 5) is 17.2. The summed E-state index contributed by atoms with van der Waals surface area (Å²) in [7, 11) is 1.62. The first-order valence-electron chi connectivity index (χ1n) is 4.66. The van der Waals surface area contributed by atoms with E-state index >= 15 is 0 Å². The van der Waals surface area contributed by atoms with Gasteiger partial charge in [0.2, 0.25) is 0 Å². The number of nitrogens with two attached hydrogens (primary N) is 1. The van der Waals surface area contributed by atoms with Crippen molar-refractivity contribution in [3.05, 3.63) is 29.8 Å². The average molecular weight is 241 g/mol. The third kappa shape index (κ3) is 3.54. The number of hydrogen-bond acceptors (Lipinski definition) is 3. The van der Waals surface area contributed by atoms with Crippen LogP contribution in [0.5, 0.6) is 0 Å². The molecule has 0 atom stereocenters. The number of thiocarbonyl (C=S) groups is 1. The van der Waals surface area contributed by atoms with E-state index in [-0.39, 0.29) is 11.6 Å². The Morgan fingerprint density at radius 2 is 2.31 bits per heavy atom. The first-order chi connectivity index (χ1) is 7.50. The van der Waals surface area contributed by atoms with E-state index in [0.29, 0.717) is 18.0 Å². The summed E-state index contributed by atoms with van der Waals surface area (Å²) in [5.41, 5.74) is 5.53. The molecule has 0 aromatic carbocycles. The number of aromatic nitrogens is 1. The molecular formula is C10H12FN3OS. The van der Waals surface area contributed by atoms with E-state index in [9.17, 15) is 9.18 Å². The Bertz CT molecular complexity index is 394. The van der Waals surface area contributed by atoms with Gasteiger partial charge in [-0.15, -0.1) is 0 Å². The maximum absolute atomic E-state index is 12.6. The minimum atomic E-state index is -0.470. The van der Waals surface area contributed by atoms with Crippen molar-refractivity contribution >= 4 is 23.1 Å². The summed E-state index contributed by atoms with van der Waals surface area (Å²) in [5.74, 6) is -0.751. The normalized spacial score (nSPS) is 9.88. The molecule has 1 aromatic heterocycles. The van der Waals surface area contributed by atoms with E-state index in [0.717, 1.165) is 6.20 Å². The maximum Gasteiger partial charge on any atom is 0.272 e. The van der Waals surface area contributed by atoms with Crippen LogP contribution in [0, 0.1) is 5.82 Å². The molecule has 0 aliphatic heterocycles. The number of carbonyl (C=O) groups excluding carboxylic acids is 1. The molecule has 0 unspecified atom stereocenters. The molecule has 0 aliphatic rings. The Balaban J connectivity index is 2.63. The zero-order chi connectivity index (χ0) is 12.1. The van der Waals surface area contributed by atoms with E-state index in [2.05, 4.69) is 4.98 Å². The number of hydrogen-bond donors (Lipinski definition) is 1. The number of amides is 1. The molecular weight excluding hydrogens is 229 g/mol. The first kappa shape index (κ1) is 12.5. The largest absolute Gasteiger partial charge is 0.393 e. The van der Waals surface area contributed by atoms with Crippen molar-refractivity contribution in [3.63, 3.8) is 0 Å². The molecule has 1 rings (SSSR count). The minimum absolute atomic E-state index is 0.201. The van der Waals surface area contributed by atoms with Crippen molar-refractivity contribution in [2.24, 2.45) is 5.73 Å². The van der Waals surface area contributed by atoms with Gasteiger partial charge in [-0.25, -0.2) is 9.37 Å². The van der Waals surface area contributed by atoms with Gasteiger partial charge in [0.15, 0.2) is 0 Å². The van der Waals surface area contributed by atoms with Gasteiger partial charge in [-0.1, -0.05) is 12.2 Å². The zero-order valence-corrected chi connectivity index (χ0v) is 9.63. The first-order valence-corrected chi connectivity index (χ1v) is 5.07. The lowest BCUT2D eigenvalue weighted by Gasteiger charge is -2.15. The standard InChI is InChI=1S/C10H12FN3OS/c1-14(5-4-9(12)16)10(15)8-3-2-7(11)6-13-8/h2-3,6H,4-5H2,1H3,(H2,12,16). The highest BCUT2D eigenvalue weighted by molar-refractivity contribution is 7.80. The maximum atomic E-state index is 12.6.